The van der Waals surface area contributed by atoms with E-state index in [0.717, 1.165) is 12.8 Å². The summed E-state index contributed by atoms with van der Waals surface area (Å²) < 4.78 is 5.15. The number of methoxy groups -OCH3 is 1. The summed E-state index contributed by atoms with van der Waals surface area (Å²) in [7, 11) is 1.58. The molecule has 0 amide bonds. The Morgan fingerprint density at radius 3 is 2.67 bits per heavy atom. The number of rotatable bonds is 4. The highest BCUT2D eigenvalue weighted by atomic mass is 16.5. The molecule has 0 spiro atoms. The predicted molar refractivity (Wildman–Crippen MR) is 70.4 cm³/mol. The molecule has 0 saturated heterocycles. The smallest absolute Gasteiger partial charge is 0.337 e. The molecule has 2 N–H and O–H groups in total. The summed E-state index contributed by atoms with van der Waals surface area (Å²) in [5.74, 6) is -0.228. The van der Waals surface area contributed by atoms with E-state index in [1.54, 1.807) is 25.3 Å². The summed E-state index contributed by atoms with van der Waals surface area (Å²) in [6.07, 6.45) is 5.92. The van der Waals surface area contributed by atoms with Gasteiger partial charge in [-0.3, -0.25) is 0 Å². The number of anilines is 1. The van der Waals surface area contributed by atoms with E-state index < -0.39 is 5.97 Å². The number of nitrogens with one attached hydrogen (secondary N) is 1. The Labute approximate surface area is 107 Å². The van der Waals surface area contributed by atoms with Crippen LogP contribution < -0.4 is 10.1 Å². The van der Waals surface area contributed by atoms with Crippen molar-refractivity contribution in [2.45, 2.75) is 38.1 Å². The molecule has 1 aliphatic carbocycles. The molecule has 1 aromatic carbocycles. The molecule has 0 unspecified atom stereocenters. The molecule has 1 aromatic rings. The van der Waals surface area contributed by atoms with Crippen LogP contribution in [-0.2, 0) is 0 Å². The van der Waals surface area contributed by atoms with Crippen molar-refractivity contribution >= 4 is 11.7 Å². The largest absolute Gasteiger partial charge is 0.497 e. The molecule has 4 nitrogen and oxygen atoms in total. The maximum absolute atomic E-state index is 11.2. The van der Waals surface area contributed by atoms with Crippen molar-refractivity contribution in [1.29, 1.82) is 0 Å². The molecular weight excluding hydrogens is 230 g/mol. The minimum Gasteiger partial charge on any atom is -0.497 e. The molecule has 18 heavy (non-hydrogen) atoms. The normalized spacial score (nSPS) is 16.3. The second-order valence-corrected chi connectivity index (χ2v) is 4.70. The van der Waals surface area contributed by atoms with Crippen LogP contribution in [0.15, 0.2) is 18.2 Å². The summed E-state index contributed by atoms with van der Waals surface area (Å²) in [6, 6.07) is 5.41. The van der Waals surface area contributed by atoms with Crippen LogP contribution in [0, 0.1) is 0 Å². The summed E-state index contributed by atoms with van der Waals surface area (Å²) in [5, 5.41) is 12.5. The highest BCUT2D eigenvalue weighted by molar-refractivity contribution is 5.94. The molecule has 98 valence electrons. The van der Waals surface area contributed by atoms with Crippen LogP contribution in [-0.4, -0.2) is 24.2 Å². The zero-order chi connectivity index (χ0) is 13.0. The lowest BCUT2D eigenvalue weighted by Crippen LogP contribution is -2.23. The highest BCUT2D eigenvalue weighted by Gasteiger charge is 2.17. The number of carboxylic acids is 1. The number of carbonyl (C=O) groups is 1. The number of carboxylic acid groups (broad SMARTS) is 1. The molecule has 1 fully saturated rings. The predicted octanol–water partition coefficient (Wildman–Crippen LogP) is 3.14. The zero-order valence-corrected chi connectivity index (χ0v) is 10.6. The van der Waals surface area contributed by atoms with Gasteiger partial charge in [-0.15, -0.1) is 0 Å². The van der Waals surface area contributed by atoms with E-state index in [0.29, 0.717) is 23.0 Å². The van der Waals surface area contributed by atoms with E-state index in [4.69, 9.17) is 4.74 Å². The average molecular weight is 249 g/mol. The van der Waals surface area contributed by atoms with Crippen molar-refractivity contribution in [3.8, 4) is 5.75 Å². The molecule has 0 aromatic heterocycles. The van der Waals surface area contributed by atoms with Crippen LogP contribution in [0.1, 0.15) is 42.5 Å². The third-order valence-electron chi connectivity index (χ3n) is 3.42. The molecule has 1 saturated carbocycles. The Balaban J connectivity index is 2.19. The van der Waals surface area contributed by atoms with Gasteiger partial charge in [0.1, 0.15) is 5.75 Å². The van der Waals surface area contributed by atoms with Crippen molar-refractivity contribution < 1.29 is 14.6 Å². The lowest BCUT2D eigenvalue weighted by Gasteiger charge is -2.24. The molecule has 0 heterocycles. The first kappa shape index (κ1) is 12.7. The van der Waals surface area contributed by atoms with Crippen LogP contribution >= 0.6 is 0 Å². The van der Waals surface area contributed by atoms with Gasteiger partial charge in [0, 0.05) is 12.1 Å². The van der Waals surface area contributed by atoms with Gasteiger partial charge in [-0.2, -0.15) is 0 Å². The fourth-order valence-electron chi connectivity index (χ4n) is 2.42. The number of ether oxygens (including phenoxy) is 1. The van der Waals surface area contributed by atoms with Gasteiger partial charge >= 0.3 is 5.97 Å². The van der Waals surface area contributed by atoms with E-state index >= 15 is 0 Å². The molecule has 0 radical (unpaired) electrons. The molecular formula is C14H19NO3. The standard InChI is InChI=1S/C14H19NO3/c1-18-11-7-8-12(14(16)17)13(9-11)15-10-5-3-2-4-6-10/h7-10,15H,2-6H2,1H3,(H,16,17). The summed E-state index contributed by atoms with van der Waals surface area (Å²) in [5.41, 5.74) is 0.968. The van der Waals surface area contributed by atoms with Gasteiger partial charge in [0.15, 0.2) is 0 Å². The Bertz CT molecular complexity index is 425. The maximum Gasteiger partial charge on any atom is 0.337 e. The third-order valence-corrected chi connectivity index (χ3v) is 3.42. The lowest BCUT2D eigenvalue weighted by atomic mass is 9.95. The molecule has 0 atom stereocenters. The number of hydrogen-bond acceptors (Lipinski definition) is 3. The maximum atomic E-state index is 11.2. The second kappa shape index (κ2) is 5.76. The fraction of sp³-hybridized carbons (Fsp3) is 0.500. The Kier molecular flexibility index (Phi) is 4.07. The fourth-order valence-corrected chi connectivity index (χ4v) is 2.42. The van der Waals surface area contributed by atoms with Crippen molar-refractivity contribution in [3.05, 3.63) is 23.8 Å². The van der Waals surface area contributed by atoms with Gasteiger partial charge in [0.2, 0.25) is 0 Å². The number of hydrogen-bond donors (Lipinski definition) is 2. The van der Waals surface area contributed by atoms with E-state index in [1.807, 2.05) is 0 Å². The van der Waals surface area contributed by atoms with Gasteiger partial charge in [-0.05, 0) is 25.0 Å². The average Bonchev–Trinajstić information content (AvgIpc) is 2.39. The molecule has 0 aliphatic heterocycles. The van der Waals surface area contributed by atoms with Crippen LogP contribution in [0.3, 0.4) is 0 Å². The topological polar surface area (TPSA) is 58.6 Å². The van der Waals surface area contributed by atoms with Crippen LogP contribution in [0.4, 0.5) is 5.69 Å². The first-order valence-corrected chi connectivity index (χ1v) is 6.38. The summed E-state index contributed by atoms with van der Waals surface area (Å²) in [6.45, 7) is 0. The van der Waals surface area contributed by atoms with Crippen LogP contribution in [0.25, 0.3) is 0 Å². The van der Waals surface area contributed by atoms with Gasteiger partial charge in [0.05, 0.1) is 18.4 Å². The summed E-state index contributed by atoms with van der Waals surface area (Å²) in [4.78, 5) is 11.2. The SMILES string of the molecule is COc1ccc(C(=O)O)c(NC2CCCCC2)c1. The third kappa shape index (κ3) is 2.94. The molecule has 0 bridgehead atoms. The highest BCUT2D eigenvalue weighted by Crippen LogP contribution is 2.27. The minimum absolute atomic E-state index is 0.307. The summed E-state index contributed by atoms with van der Waals surface area (Å²) >= 11 is 0. The molecule has 4 heteroatoms. The molecule has 2 rings (SSSR count). The van der Waals surface area contributed by atoms with Crippen LogP contribution in [0.2, 0.25) is 0 Å². The minimum atomic E-state index is -0.907. The van der Waals surface area contributed by atoms with Crippen molar-refractivity contribution in [2.24, 2.45) is 0 Å². The van der Waals surface area contributed by atoms with E-state index in [1.165, 1.54) is 19.3 Å². The van der Waals surface area contributed by atoms with Crippen LogP contribution in [0.5, 0.6) is 5.75 Å². The zero-order valence-electron chi connectivity index (χ0n) is 10.6. The molecule has 1 aliphatic rings. The van der Waals surface area contributed by atoms with Gasteiger partial charge in [-0.25, -0.2) is 4.79 Å². The van der Waals surface area contributed by atoms with E-state index in [2.05, 4.69) is 5.32 Å². The van der Waals surface area contributed by atoms with Crippen molar-refractivity contribution in [1.82, 2.24) is 0 Å². The van der Waals surface area contributed by atoms with Gasteiger partial charge in [-0.1, -0.05) is 19.3 Å². The monoisotopic (exact) mass is 249 g/mol. The Morgan fingerprint density at radius 1 is 1.33 bits per heavy atom. The van der Waals surface area contributed by atoms with E-state index in [-0.39, 0.29) is 0 Å². The number of benzene rings is 1. The Morgan fingerprint density at radius 2 is 2.06 bits per heavy atom. The van der Waals surface area contributed by atoms with Gasteiger partial charge in [0.25, 0.3) is 0 Å². The number of aromatic carboxylic acids is 1. The van der Waals surface area contributed by atoms with Crippen molar-refractivity contribution in [2.75, 3.05) is 12.4 Å². The quantitative estimate of drug-likeness (QED) is 0.860. The second-order valence-electron chi connectivity index (χ2n) is 4.70. The van der Waals surface area contributed by atoms with Crippen molar-refractivity contribution in [3.63, 3.8) is 0 Å². The Hall–Kier alpha value is -1.71. The van der Waals surface area contributed by atoms with E-state index in [9.17, 15) is 9.90 Å². The first-order valence-electron chi connectivity index (χ1n) is 6.38. The first-order chi connectivity index (χ1) is 8.70. The van der Waals surface area contributed by atoms with Gasteiger partial charge < -0.3 is 15.2 Å². The lowest BCUT2D eigenvalue weighted by molar-refractivity contribution is 0.0698.